The molecule has 0 heterocycles. The number of phenols is 1. The molecular formula is C41H48N2O3S. The Hall–Kier alpha value is -3.87. The number of carbonyl (C=O) groups is 1. The maximum atomic E-state index is 12.1. The van der Waals surface area contributed by atoms with Gasteiger partial charge in [-0.2, -0.15) is 0 Å². The lowest BCUT2D eigenvalue weighted by Crippen LogP contribution is -2.40. The second-order valence-corrected chi connectivity index (χ2v) is 13.9. The van der Waals surface area contributed by atoms with E-state index in [9.17, 15) is 15.0 Å². The van der Waals surface area contributed by atoms with Crippen LogP contribution in [0.3, 0.4) is 0 Å². The van der Waals surface area contributed by atoms with E-state index in [1.807, 2.05) is 54.6 Å². The number of nitrogens with one attached hydrogen (secondary N) is 1. The van der Waals surface area contributed by atoms with Crippen LogP contribution in [0.5, 0.6) is 5.75 Å². The normalized spacial score (nSPS) is 16.7. The molecule has 1 atom stereocenters. The van der Waals surface area contributed by atoms with Crippen molar-refractivity contribution in [2.75, 3.05) is 5.75 Å². The minimum atomic E-state index is -1.01. The van der Waals surface area contributed by atoms with E-state index in [0.717, 1.165) is 28.8 Å². The van der Waals surface area contributed by atoms with Crippen molar-refractivity contribution >= 4 is 23.9 Å². The van der Waals surface area contributed by atoms with E-state index in [1.165, 1.54) is 70.4 Å². The number of para-hydroxylation sites is 1. The standard InChI is InChI=1S/C29H25NO3S.C12H23N/c31-27-19-11-10-12-22(27)20-30-26(28(32)33)21-34-29(23-13-4-1-5-14-23,24-15-6-2-7-16-24)25-17-8-3-9-18-25;1-3-7-11(8-4-1)13-12-9-5-2-6-10-12/h1-20,26,31H,21H2,(H,32,33);11-13H,1-10H2. The van der Waals surface area contributed by atoms with E-state index in [0.29, 0.717) is 5.56 Å². The van der Waals surface area contributed by atoms with Crippen LogP contribution in [0.25, 0.3) is 0 Å². The van der Waals surface area contributed by atoms with Crippen molar-refractivity contribution in [3.8, 4) is 5.75 Å². The SMILES string of the molecule is C1CCC(NC2CCCCC2)CC1.O=C(O)C(CSC(c1ccccc1)(c1ccccc1)c1ccccc1)N=Cc1ccccc1O. The van der Waals surface area contributed by atoms with Gasteiger partial charge in [0.05, 0.1) is 4.75 Å². The molecule has 3 N–H and O–H groups in total. The minimum absolute atomic E-state index is 0.0650. The number of carboxylic acid groups (broad SMARTS) is 1. The summed E-state index contributed by atoms with van der Waals surface area (Å²) < 4.78 is -0.623. The Labute approximate surface area is 284 Å². The zero-order chi connectivity index (χ0) is 32.7. The first-order valence-electron chi connectivity index (χ1n) is 17.2. The summed E-state index contributed by atoms with van der Waals surface area (Å²) in [4.78, 5) is 16.5. The Kier molecular flexibility index (Phi) is 13.1. The third-order valence-corrected chi connectivity index (χ3v) is 10.9. The van der Waals surface area contributed by atoms with E-state index < -0.39 is 16.8 Å². The number of thioether (sulfide) groups is 1. The topological polar surface area (TPSA) is 81.9 Å². The van der Waals surface area contributed by atoms with Crippen LogP contribution in [0.15, 0.2) is 120 Å². The molecule has 2 aliphatic rings. The molecule has 1 unspecified atom stereocenters. The zero-order valence-electron chi connectivity index (χ0n) is 27.2. The number of aromatic hydroxyl groups is 1. The molecule has 0 radical (unpaired) electrons. The predicted octanol–water partition coefficient (Wildman–Crippen LogP) is 9.23. The van der Waals surface area contributed by atoms with E-state index in [4.69, 9.17) is 0 Å². The summed E-state index contributed by atoms with van der Waals surface area (Å²) in [6.45, 7) is 0. The van der Waals surface area contributed by atoms with Crippen LogP contribution in [0.1, 0.15) is 86.5 Å². The Morgan fingerprint density at radius 1 is 0.702 bits per heavy atom. The van der Waals surface area contributed by atoms with Crippen LogP contribution in [0, 0.1) is 0 Å². The average molecular weight is 649 g/mol. The van der Waals surface area contributed by atoms with E-state index in [1.54, 1.807) is 36.0 Å². The van der Waals surface area contributed by atoms with Crippen LogP contribution >= 0.6 is 11.8 Å². The molecule has 47 heavy (non-hydrogen) atoms. The van der Waals surface area contributed by atoms with Gasteiger partial charge in [-0.15, -0.1) is 11.8 Å². The second-order valence-electron chi connectivity index (χ2n) is 12.6. The van der Waals surface area contributed by atoms with Gasteiger partial charge >= 0.3 is 5.97 Å². The lowest BCUT2D eigenvalue weighted by molar-refractivity contribution is -0.137. The number of hydrogen-bond acceptors (Lipinski definition) is 5. The van der Waals surface area contributed by atoms with Crippen LogP contribution < -0.4 is 5.32 Å². The third-order valence-electron chi connectivity index (χ3n) is 9.30. The van der Waals surface area contributed by atoms with Gasteiger partial charge in [-0.25, -0.2) is 4.79 Å². The average Bonchev–Trinajstić information content (AvgIpc) is 3.13. The first kappa shape index (κ1) is 34.5. The molecule has 2 fully saturated rings. The largest absolute Gasteiger partial charge is 0.507 e. The van der Waals surface area contributed by atoms with Gasteiger partial charge in [0.15, 0.2) is 6.04 Å². The number of rotatable bonds is 11. The van der Waals surface area contributed by atoms with E-state index >= 15 is 0 Å². The third kappa shape index (κ3) is 9.59. The lowest BCUT2D eigenvalue weighted by Gasteiger charge is -2.36. The van der Waals surface area contributed by atoms with Gasteiger partial charge in [0.25, 0.3) is 0 Å². The molecule has 6 rings (SSSR count). The fraction of sp³-hybridized carbons (Fsp3) is 0.366. The number of aliphatic carboxylic acids is 1. The lowest BCUT2D eigenvalue weighted by atomic mass is 9.84. The summed E-state index contributed by atoms with van der Waals surface area (Å²) in [5.74, 6) is -0.713. The van der Waals surface area contributed by atoms with Crippen LogP contribution in [0.4, 0.5) is 0 Å². The minimum Gasteiger partial charge on any atom is -0.507 e. The maximum Gasteiger partial charge on any atom is 0.329 e. The quantitative estimate of drug-likeness (QED) is 0.112. The van der Waals surface area contributed by atoms with Crippen LogP contribution in [-0.2, 0) is 9.54 Å². The molecule has 5 nitrogen and oxygen atoms in total. The maximum absolute atomic E-state index is 12.1. The predicted molar refractivity (Wildman–Crippen MR) is 196 cm³/mol. The smallest absolute Gasteiger partial charge is 0.329 e. The van der Waals surface area contributed by atoms with Gasteiger partial charge in [0, 0.05) is 29.6 Å². The van der Waals surface area contributed by atoms with Crippen molar-refractivity contribution in [2.24, 2.45) is 4.99 Å². The van der Waals surface area contributed by atoms with Gasteiger partial charge in [0.1, 0.15) is 5.75 Å². The fourth-order valence-electron chi connectivity index (χ4n) is 6.79. The molecule has 4 aromatic carbocycles. The molecule has 0 aromatic heterocycles. The highest BCUT2D eigenvalue weighted by molar-refractivity contribution is 8.00. The van der Waals surface area contributed by atoms with Crippen molar-refractivity contribution < 1.29 is 15.0 Å². The monoisotopic (exact) mass is 648 g/mol. The van der Waals surface area contributed by atoms with Crippen molar-refractivity contribution in [3.05, 3.63) is 138 Å². The summed E-state index contributed by atoms with van der Waals surface area (Å²) in [6, 6.07) is 37.9. The highest BCUT2D eigenvalue weighted by atomic mass is 32.2. The van der Waals surface area contributed by atoms with Crippen molar-refractivity contribution in [1.82, 2.24) is 5.32 Å². The number of phenolic OH excluding ortho intramolecular Hbond substituents is 1. The Balaban J connectivity index is 0.000000277. The number of hydrogen-bond donors (Lipinski definition) is 3. The molecule has 2 aliphatic carbocycles. The van der Waals surface area contributed by atoms with Gasteiger partial charge in [-0.3, -0.25) is 4.99 Å². The summed E-state index contributed by atoms with van der Waals surface area (Å²) in [6.07, 6.45) is 16.0. The molecule has 0 aliphatic heterocycles. The first-order chi connectivity index (χ1) is 23.1. The van der Waals surface area contributed by atoms with Gasteiger partial charge in [-0.05, 0) is 54.5 Å². The molecular weight excluding hydrogens is 601 g/mol. The highest BCUT2D eigenvalue weighted by Gasteiger charge is 2.38. The molecule has 246 valence electrons. The number of benzene rings is 4. The molecule has 2 saturated carbocycles. The summed E-state index contributed by atoms with van der Waals surface area (Å²) >= 11 is 1.55. The van der Waals surface area contributed by atoms with Crippen molar-refractivity contribution in [1.29, 1.82) is 0 Å². The molecule has 0 amide bonds. The highest BCUT2D eigenvalue weighted by Crippen LogP contribution is 2.48. The summed E-state index contributed by atoms with van der Waals surface area (Å²) in [7, 11) is 0. The van der Waals surface area contributed by atoms with Crippen LogP contribution in [-0.4, -0.2) is 46.3 Å². The van der Waals surface area contributed by atoms with Gasteiger partial charge in [0.2, 0.25) is 0 Å². The fourth-order valence-corrected chi connectivity index (χ4v) is 8.33. The Bertz CT molecular complexity index is 1410. The number of nitrogens with zero attached hydrogens (tertiary/aromatic N) is 1. The second kappa shape index (κ2) is 17.9. The first-order valence-corrected chi connectivity index (χ1v) is 18.2. The number of carboxylic acids is 1. The molecule has 0 bridgehead atoms. The van der Waals surface area contributed by atoms with Gasteiger partial charge < -0.3 is 15.5 Å². The van der Waals surface area contributed by atoms with Crippen molar-refractivity contribution in [3.63, 3.8) is 0 Å². The molecule has 0 spiro atoms. The number of aliphatic imine (C=N–C) groups is 1. The summed E-state index contributed by atoms with van der Waals surface area (Å²) in [5, 5.41) is 23.8. The molecule has 4 aromatic rings. The zero-order valence-corrected chi connectivity index (χ0v) is 28.0. The molecule has 0 saturated heterocycles. The Morgan fingerprint density at radius 3 is 1.55 bits per heavy atom. The van der Waals surface area contributed by atoms with Crippen LogP contribution in [0.2, 0.25) is 0 Å². The van der Waals surface area contributed by atoms with E-state index in [-0.39, 0.29) is 11.5 Å². The summed E-state index contributed by atoms with van der Waals surface area (Å²) in [5.41, 5.74) is 3.67. The van der Waals surface area contributed by atoms with Gasteiger partial charge in [-0.1, -0.05) is 142 Å². The van der Waals surface area contributed by atoms with E-state index in [2.05, 4.69) is 46.7 Å². The van der Waals surface area contributed by atoms with Crippen molar-refractivity contribution in [2.45, 2.75) is 87.1 Å². The Morgan fingerprint density at radius 2 is 1.13 bits per heavy atom. The molecule has 6 heteroatoms.